The molecule has 1 aromatic heterocycles. The first-order valence-corrected chi connectivity index (χ1v) is 10.4. The second kappa shape index (κ2) is 7.99. The number of hydrogen-bond acceptors (Lipinski definition) is 5. The molecule has 3 heterocycles. The van der Waals surface area contributed by atoms with E-state index >= 15 is 0 Å². The van der Waals surface area contributed by atoms with E-state index in [2.05, 4.69) is 17.0 Å². The predicted octanol–water partition coefficient (Wildman–Crippen LogP) is 2.96. The average Bonchev–Trinajstić information content (AvgIpc) is 3.04. The predicted molar refractivity (Wildman–Crippen MR) is 110 cm³/mol. The number of nitrogens with two attached hydrogens (primary N) is 1. The van der Waals surface area contributed by atoms with Gasteiger partial charge in [-0.1, -0.05) is 0 Å². The molecule has 152 valence electrons. The number of amides is 1. The minimum absolute atomic E-state index is 0.166. The van der Waals surface area contributed by atoms with Crippen LogP contribution in [0.5, 0.6) is 0 Å². The number of hydrogen-bond donors (Lipinski definition) is 1. The van der Waals surface area contributed by atoms with Crippen LogP contribution in [0, 0.1) is 0 Å². The summed E-state index contributed by atoms with van der Waals surface area (Å²) in [6.45, 7) is 6.08. The molecule has 1 aromatic carbocycles. The lowest BCUT2D eigenvalue weighted by molar-refractivity contribution is 0.0661. The Bertz CT molecular complexity index is 833. The van der Waals surface area contributed by atoms with Crippen LogP contribution in [-0.2, 0) is 11.8 Å². The number of benzene rings is 1. The van der Waals surface area contributed by atoms with Crippen molar-refractivity contribution in [2.24, 2.45) is 7.05 Å². The van der Waals surface area contributed by atoms with Crippen molar-refractivity contribution < 1.29 is 9.53 Å². The van der Waals surface area contributed by atoms with Gasteiger partial charge in [0, 0.05) is 43.2 Å². The normalized spacial score (nSPS) is 20.0. The largest absolute Gasteiger partial charge is 0.450 e. The van der Waals surface area contributed by atoms with E-state index in [0.717, 1.165) is 63.1 Å². The summed E-state index contributed by atoms with van der Waals surface area (Å²) in [6.07, 6.45) is 4.15. The summed E-state index contributed by atoms with van der Waals surface area (Å²) < 4.78 is 7.10. The fraction of sp³-hybridized carbons (Fsp3) is 0.619. The molecule has 2 aromatic rings. The molecular formula is C21H31N5O2. The Morgan fingerprint density at radius 3 is 2.57 bits per heavy atom. The van der Waals surface area contributed by atoms with Gasteiger partial charge in [-0.3, -0.25) is 4.68 Å². The van der Waals surface area contributed by atoms with E-state index < -0.39 is 0 Å². The van der Waals surface area contributed by atoms with Crippen molar-refractivity contribution in [1.82, 2.24) is 19.6 Å². The monoisotopic (exact) mass is 385 g/mol. The Balaban J connectivity index is 1.36. The summed E-state index contributed by atoms with van der Waals surface area (Å²) in [4.78, 5) is 16.3. The fourth-order valence-corrected chi connectivity index (χ4v) is 4.78. The van der Waals surface area contributed by atoms with Crippen LogP contribution in [0.2, 0.25) is 0 Å². The maximum atomic E-state index is 11.9. The maximum Gasteiger partial charge on any atom is 0.409 e. The molecule has 2 fully saturated rings. The van der Waals surface area contributed by atoms with Crippen molar-refractivity contribution in [2.75, 3.05) is 38.5 Å². The summed E-state index contributed by atoms with van der Waals surface area (Å²) in [6, 6.07) is 6.64. The summed E-state index contributed by atoms with van der Waals surface area (Å²) in [5.41, 5.74) is 9.17. The van der Waals surface area contributed by atoms with E-state index in [1.165, 1.54) is 11.1 Å². The van der Waals surface area contributed by atoms with Crippen molar-refractivity contribution in [3.05, 3.63) is 23.9 Å². The van der Waals surface area contributed by atoms with Crippen LogP contribution < -0.4 is 5.73 Å². The average molecular weight is 386 g/mol. The fourth-order valence-electron chi connectivity index (χ4n) is 4.78. The van der Waals surface area contributed by atoms with E-state index in [-0.39, 0.29) is 6.09 Å². The molecule has 2 aliphatic rings. The van der Waals surface area contributed by atoms with Crippen molar-refractivity contribution in [1.29, 1.82) is 0 Å². The number of anilines is 1. The summed E-state index contributed by atoms with van der Waals surface area (Å²) in [7, 11) is 2.01. The molecule has 0 aliphatic carbocycles. The Hall–Kier alpha value is -2.28. The molecule has 0 unspecified atom stereocenters. The highest BCUT2D eigenvalue weighted by molar-refractivity contribution is 5.85. The minimum Gasteiger partial charge on any atom is -0.450 e. The number of rotatable bonds is 3. The second-order valence-corrected chi connectivity index (χ2v) is 8.01. The number of nitrogen functional groups attached to an aromatic ring is 1. The number of aromatic nitrogens is 2. The molecule has 0 atom stereocenters. The van der Waals surface area contributed by atoms with Crippen molar-refractivity contribution in [3.8, 4) is 0 Å². The number of likely N-dealkylation sites (tertiary alicyclic amines) is 2. The molecule has 1 amide bonds. The van der Waals surface area contributed by atoms with E-state index in [4.69, 9.17) is 15.6 Å². The van der Waals surface area contributed by atoms with Gasteiger partial charge in [0.1, 0.15) is 0 Å². The molecule has 7 heteroatoms. The van der Waals surface area contributed by atoms with Crippen LogP contribution in [0.25, 0.3) is 10.9 Å². The lowest BCUT2D eigenvalue weighted by Crippen LogP contribution is -2.49. The number of carbonyl (C=O) groups is 1. The standard InChI is InChI=1S/C21H31N5O2/c1-3-28-21(27)26-12-8-17(9-13-26)25-10-6-15(7-11-25)20-18-14-16(22)4-5-19(18)24(2)23-20/h4-5,14-15,17H,3,6-13,22H2,1-2H3. The van der Waals surface area contributed by atoms with Gasteiger partial charge in [0.2, 0.25) is 0 Å². The zero-order valence-electron chi connectivity index (χ0n) is 16.9. The third-order valence-corrected chi connectivity index (χ3v) is 6.33. The third-order valence-electron chi connectivity index (χ3n) is 6.33. The van der Waals surface area contributed by atoms with E-state index in [1.54, 1.807) is 0 Å². The van der Waals surface area contributed by atoms with Crippen molar-refractivity contribution >= 4 is 22.7 Å². The van der Waals surface area contributed by atoms with Gasteiger partial charge in [-0.25, -0.2) is 4.79 Å². The molecule has 7 nitrogen and oxygen atoms in total. The molecular weight excluding hydrogens is 354 g/mol. The van der Waals surface area contributed by atoms with Crippen LogP contribution >= 0.6 is 0 Å². The smallest absolute Gasteiger partial charge is 0.409 e. The minimum atomic E-state index is -0.166. The van der Waals surface area contributed by atoms with Crippen LogP contribution in [0.4, 0.5) is 10.5 Å². The number of aryl methyl sites for hydroxylation is 1. The van der Waals surface area contributed by atoms with Crippen LogP contribution in [0.15, 0.2) is 18.2 Å². The molecule has 2 saturated heterocycles. The van der Waals surface area contributed by atoms with Crippen LogP contribution in [-0.4, -0.2) is 64.5 Å². The maximum absolute atomic E-state index is 11.9. The topological polar surface area (TPSA) is 76.6 Å². The first-order chi connectivity index (χ1) is 13.6. The molecule has 0 bridgehead atoms. The Morgan fingerprint density at radius 1 is 1.18 bits per heavy atom. The molecule has 2 N–H and O–H groups in total. The Morgan fingerprint density at radius 2 is 1.89 bits per heavy atom. The lowest BCUT2D eigenvalue weighted by atomic mass is 9.89. The van der Waals surface area contributed by atoms with Crippen molar-refractivity contribution in [2.45, 2.75) is 44.6 Å². The van der Waals surface area contributed by atoms with Gasteiger partial charge in [0.15, 0.2) is 0 Å². The summed E-state index contributed by atoms with van der Waals surface area (Å²) in [5, 5.41) is 6.02. The zero-order valence-corrected chi connectivity index (χ0v) is 16.9. The zero-order chi connectivity index (χ0) is 19.7. The number of carbonyl (C=O) groups excluding carboxylic acids is 1. The van der Waals surface area contributed by atoms with Gasteiger partial charge in [0.25, 0.3) is 0 Å². The van der Waals surface area contributed by atoms with E-state index in [1.807, 2.05) is 29.6 Å². The second-order valence-electron chi connectivity index (χ2n) is 8.01. The summed E-state index contributed by atoms with van der Waals surface area (Å²) in [5.74, 6) is 0.487. The first-order valence-electron chi connectivity index (χ1n) is 10.4. The van der Waals surface area contributed by atoms with Crippen molar-refractivity contribution in [3.63, 3.8) is 0 Å². The highest BCUT2D eigenvalue weighted by Crippen LogP contribution is 2.34. The van der Waals surface area contributed by atoms with Gasteiger partial charge in [-0.15, -0.1) is 0 Å². The summed E-state index contributed by atoms with van der Waals surface area (Å²) >= 11 is 0. The number of piperidine rings is 2. The highest BCUT2D eigenvalue weighted by atomic mass is 16.6. The van der Waals surface area contributed by atoms with Crippen LogP contribution in [0.3, 0.4) is 0 Å². The third kappa shape index (κ3) is 3.68. The van der Waals surface area contributed by atoms with Gasteiger partial charge in [0.05, 0.1) is 17.8 Å². The van der Waals surface area contributed by atoms with Gasteiger partial charge in [-0.2, -0.15) is 5.10 Å². The Labute approximate surface area is 166 Å². The quantitative estimate of drug-likeness (QED) is 0.822. The molecule has 0 radical (unpaired) electrons. The lowest BCUT2D eigenvalue weighted by Gasteiger charge is -2.41. The van der Waals surface area contributed by atoms with Crippen LogP contribution in [0.1, 0.15) is 44.2 Å². The number of fused-ring (bicyclic) bond motifs is 1. The molecule has 4 rings (SSSR count). The molecule has 0 saturated carbocycles. The van der Waals surface area contributed by atoms with Gasteiger partial charge < -0.3 is 20.3 Å². The molecule has 2 aliphatic heterocycles. The van der Waals surface area contributed by atoms with E-state index in [9.17, 15) is 4.79 Å². The van der Waals surface area contributed by atoms with Gasteiger partial charge >= 0.3 is 6.09 Å². The number of nitrogens with zero attached hydrogens (tertiary/aromatic N) is 4. The number of ether oxygens (including phenoxy) is 1. The highest BCUT2D eigenvalue weighted by Gasteiger charge is 2.31. The molecule has 28 heavy (non-hydrogen) atoms. The molecule has 0 spiro atoms. The SMILES string of the molecule is CCOC(=O)N1CCC(N2CCC(c3nn(C)c4ccc(N)cc34)CC2)CC1. The van der Waals surface area contributed by atoms with E-state index in [0.29, 0.717) is 18.6 Å². The first kappa shape index (κ1) is 19.1. The van der Waals surface area contributed by atoms with Gasteiger partial charge in [-0.05, 0) is 63.9 Å². The Kier molecular flexibility index (Phi) is 5.44.